The Bertz CT molecular complexity index is 711. The van der Waals surface area contributed by atoms with E-state index in [1.807, 2.05) is 43.8 Å². The standard InChI is InChI=1S/C18H27N5O.HI/c1-6-24-17-10-8-7-9-15(17)11-20-18(19-4)21-12-16-13(2)22-23(5)14(16)3;/h7-10H,6,11-12H2,1-5H3,(H2,19,20,21);1H. The number of nitrogens with zero attached hydrogens (tertiary/aromatic N) is 3. The molecular weight excluding hydrogens is 429 g/mol. The van der Waals surface area contributed by atoms with E-state index in [2.05, 4.69) is 33.7 Å². The third-order valence-corrected chi connectivity index (χ3v) is 4.03. The van der Waals surface area contributed by atoms with Crippen LogP contribution in [0.3, 0.4) is 0 Å². The summed E-state index contributed by atoms with van der Waals surface area (Å²) in [6, 6.07) is 8.04. The van der Waals surface area contributed by atoms with Gasteiger partial charge in [0.1, 0.15) is 5.75 Å². The maximum absolute atomic E-state index is 5.66. The molecule has 1 aromatic carbocycles. The molecule has 7 heteroatoms. The number of aryl methyl sites for hydroxylation is 2. The van der Waals surface area contributed by atoms with E-state index >= 15 is 0 Å². The Kier molecular flexibility index (Phi) is 8.74. The molecule has 0 fully saturated rings. The molecule has 6 nitrogen and oxygen atoms in total. The minimum absolute atomic E-state index is 0. The van der Waals surface area contributed by atoms with Crippen LogP contribution in [0, 0.1) is 13.8 Å². The summed E-state index contributed by atoms with van der Waals surface area (Å²) < 4.78 is 7.56. The van der Waals surface area contributed by atoms with Gasteiger partial charge in [0.25, 0.3) is 0 Å². The highest BCUT2D eigenvalue weighted by molar-refractivity contribution is 14.0. The van der Waals surface area contributed by atoms with Gasteiger partial charge in [-0.3, -0.25) is 9.67 Å². The molecule has 0 atom stereocenters. The average Bonchev–Trinajstić information content (AvgIpc) is 2.82. The molecule has 1 heterocycles. The molecule has 2 rings (SSSR count). The van der Waals surface area contributed by atoms with E-state index in [0.717, 1.165) is 28.7 Å². The fourth-order valence-corrected chi connectivity index (χ4v) is 2.59. The summed E-state index contributed by atoms with van der Waals surface area (Å²) in [5, 5.41) is 11.1. The first kappa shape index (κ1) is 21.3. The summed E-state index contributed by atoms with van der Waals surface area (Å²) in [6.07, 6.45) is 0. The molecule has 0 radical (unpaired) electrons. The van der Waals surface area contributed by atoms with Crippen LogP contribution in [0.15, 0.2) is 29.3 Å². The summed E-state index contributed by atoms with van der Waals surface area (Å²) in [4.78, 5) is 4.29. The monoisotopic (exact) mass is 457 g/mol. The number of aliphatic imine (C=N–C) groups is 1. The van der Waals surface area contributed by atoms with Crippen LogP contribution in [0.2, 0.25) is 0 Å². The van der Waals surface area contributed by atoms with Gasteiger partial charge in [0.05, 0.1) is 12.3 Å². The topological polar surface area (TPSA) is 63.5 Å². The molecule has 1 aromatic heterocycles. The summed E-state index contributed by atoms with van der Waals surface area (Å²) in [7, 11) is 3.73. The predicted octanol–water partition coefficient (Wildman–Crippen LogP) is 2.92. The van der Waals surface area contributed by atoms with E-state index in [1.165, 1.54) is 5.56 Å². The Morgan fingerprint density at radius 2 is 1.88 bits per heavy atom. The molecule has 138 valence electrons. The summed E-state index contributed by atoms with van der Waals surface area (Å²) in [5.41, 5.74) is 4.52. The van der Waals surface area contributed by atoms with E-state index < -0.39 is 0 Å². The Labute approximate surface area is 167 Å². The number of halogens is 1. The molecule has 0 bridgehead atoms. The molecule has 0 aliphatic carbocycles. The smallest absolute Gasteiger partial charge is 0.191 e. The van der Waals surface area contributed by atoms with E-state index in [4.69, 9.17) is 4.74 Å². The number of para-hydroxylation sites is 1. The largest absolute Gasteiger partial charge is 0.494 e. The lowest BCUT2D eigenvalue weighted by Crippen LogP contribution is -2.36. The highest BCUT2D eigenvalue weighted by atomic mass is 127. The molecule has 25 heavy (non-hydrogen) atoms. The molecule has 2 N–H and O–H groups in total. The highest BCUT2D eigenvalue weighted by Gasteiger charge is 2.10. The minimum atomic E-state index is 0. The quantitative estimate of drug-likeness (QED) is 0.398. The van der Waals surface area contributed by atoms with E-state index in [9.17, 15) is 0 Å². The molecule has 0 spiro atoms. The van der Waals surface area contributed by atoms with Gasteiger partial charge in [-0.1, -0.05) is 18.2 Å². The molecule has 0 saturated carbocycles. The minimum Gasteiger partial charge on any atom is -0.494 e. The van der Waals surface area contributed by atoms with Crippen LogP contribution in [0.25, 0.3) is 0 Å². The van der Waals surface area contributed by atoms with Gasteiger partial charge in [0, 0.05) is 44.0 Å². The van der Waals surface area contributed by atoms with Gasteiger partial charge >= 0.3 is 0 Å². The number of hydrogen-bond donors (Lipinski definition) is 2. The van der Waals surface area contributed by atoms with Crippen molar-refractivity contribution in [2.24, 2.45) is 12.0 Å². The van der Waals surface area contributed by atoms with Crippen molar-refractivity contribution in [3.63, 3.8) is 0 Å². The number of nitrogens with one attached hydrogen (secondary N) is 2. The van der Waals surface area contributed by atoms with Crippen molar-refractivity contribution in [1.82, 2.24) is 20.4 Å². The molecule has 2 aromatic rings. The molecule has 0 aliphatic heterocycles. The number of ether oxygens (including phenoxy) is 1. The summed E-state index contributed by atoms with van der Waals surface area (Å²) >= 11 is 0. The molecule has 0 aliphatic rings. The van der Waals surface area contributed by atoms with Gasteiger partial charge in [-0.05, 0) is 26.8 Å². The second kappa shape index (κ2) is 10.3. The Balaban J connectivity index is 0.00000312. The van der Waals surface area contributed by atoms with Crippen molar-refractivity contribution >= 4 is 29.9 Å². The third-order valence-electron chi connectivity index (χ3n) is 4.03. The lowest BCUT2D eigenvalue weighted by atomic mass is 10.2. The van der Waals surface area contributed by atoms with Crippen LogP contribution in [0.4, 0.5) is 0 Å². The zero-order valence-electron chi connectivity index (χ0n) is 15.6. The van der Waals surface area contributed by atoms with Crippen molar-refractivity contribution in [3.05, 3.63) is 46.8 Å². The van der Waals surface area contributed by atoms with Crippen LogP contribution in [0.5, 0.6) is 5.75 Å². The number of aromatic nitrogens is 2. The van der Waals surface area contributed by atoms with Crippen LogP contribution < -0.4 is 15.4 Å². The van der Waals surface area contributed by atoms with E-state index in [1.54, 1.807) is 7.05 Å². The van der Waals surface area contributed by atoms with Crippen molar-refractivity contribution < 1.29 is 4.74 Å². The van der Waals surface area contributed by atoms with Gasteiger partial charge in [0.15, 0.2) is 5.96 Å². The van der Waals surface area contributed by atoms with E-state index in [0.29, 0.717) is 19.7 Å². The Morgan fingerprint density at radius 3 is 2.48 bits per heavy atom. The van der Waals surface area contributed by atoms with Gasteiger partial charge in [-0.25, -0.2) is 0 Å². The maximum atomic E-state index is 5.66. The zero-order valence-corrected chi connectivity index (χ0v) is 17.9. The highest BCUT2D eigenvalue weighted by Crippen LogP contribution is 2.17. The first-order valence-corrected chi connectivity index (χ1v) is 8.21. The van der Waals surface area contributed by atoms with Crippen molar-refractivity contribution in [2.45, 2.75) is 33.9 Å². The summed E-state index contributed by atoms with van der Waals surface area (Å²) in [5.74, 6) is 1.66. The van der Waals surface area contributed by atoms with Crippen molar-refractivity contribution in [3.8, 4) is 5.75 Å². The average molecular weight is 457 g/mol. The van der Waals surface area contributed by atoms with Crippen LogP contribution >= 0.6 is 24.0 Å². The number of hydrogen-bond acceptors (Lipinski definition) is 3. The van der Waals surface area contributed by atoms with Gasteiger partial charge < -0.3 is 15.4 Å². The van der Waals surface area contributed by atoms with Crippen LogP contribution in [-0.2, 0) is 20.1 Å². The predicted molar refractivity (Wildman–Crippen MR) is 113 cm³/mol. The number of rotatable bonds is 6. The Morgan fingerprint density at radius 1 is 1.20 bits per heavy atom. The summed E-state index contributed by atoms with van der Waals surface area (Å²) in [6.45, 7) is 8.09. The van der Waals surface area contributed by atoms with Crippen LogP contribution in [-0.4, -0.2) is 29.4 Å². The third kappa shape index (κ3) is 5.62. The molecular formula is C18H28IN5O. The second-order valence-electron chi connectivity index (χ2n) is 5.59. The maximum Gasteiger partial charge on any atom is 0.191 e. The second-order valence-corrected chi connectivity index (χ2v) is 5.59. The van der Waals surface area contributed by atoms with E-state index in [-0.39, 0.29) is 24.0 Å². The lowest BCUT2D eigenvalue weighted by molar-refractivity contribution is 0.336. The van der Waals surface area contributed by atoms with Gasteiger partial charge in [-0.15, -0.1) is 24.0 Å². The Hall–Kier alpha value is -1.77. The normalized spacial score (nSPS) is 11.0. The lowest BCUT2D eigenvalue weighted by Gasteiger charge is -2.14. The van der Waals surface area contributed by atoms with Crippen molar-refractivity contribution in [2.75, 3.05) is 13.7 Å². The zero-order chi connectivity index (χ0) is 17.5. The molecule has 0 amide bonds. The SMILES string of the molecule is CCOc1ccccc1CNC(=NC)NCc1c(C)nn(C)c1C.I. The van der Waals surface area contributed by atoms with Crippen LogP contribution in [0.1, 0.15) is 29.4 Å². The first-order chi connectivity index (χ1) is 11.6. The first-order valence-electron chi connectivity index (χ1n) is 8.21. The number of guanidine groups is 1. The van der Waals surface area contributed by atoms with Crippen molar-refractivity contribution in [1.29, 1.82) is 0 Å². The van der Waals surface area contributed by atoms with Gasteiger partial charge in [-0.2, -0.15) is 5.10 Å². The molecule has 0 unspecified atom stereocenters. The fourth-order valence-electron chi connectivity index (χ4n) is 2.59. The number of benzene rings is 1. The molecule has 0 saturated heterocycles. The van der Waals surface area contributed by atoms with Gasteiger partial charge in [0.2, 0.25) is 0 Å². The fraction of sp³-hybridized carbons (Fsp3) is 0.444.